The maximum Gasteiger partial charge on any atom is 0.229 e. The Hall–Kier alpha value is -3.09. The van der Waals surface area contributed by atoms with Gasteiger partial charge in [-0.05, 0) is 43.5 Å². The van der Waals surface area contributed by atoms with E-state index >= 15 is 0 Å². The summed E-state index contributed by atoms with van der Waals surface area (Å²) in [5.74, 6) is -0.777. The summed E-state index contributed by atoms with van der Waals surface area (Å²) in [4.78, 5) is 27.6. The van der Waals surface area contributed by atoms with Crippen LogP contribution < -0.4 is 10.2 Å². The molecule has 4 rings (SSSR count). The number of nitrogens with one attached hydrogen (secondary N) is 1. The smallest absolute Gasteiger partial charge is 0.229 e. The molecular formula is C20H20FN5O. The van der Waals surface area contributed by atoms with Crippen molar-refractivity contribution >= 4 is 28.4 Å². The molecule has 1 N–H and O–H groups in total. The van der Waals surface area contributed by atoms with E-state index < -0.39 is 5.82 Å². The number of piperidine rings is 1. The summed E-state index contributed by atoms with van der Waals surface area (Å²) >= 11 is 0. The van der Waals surface area contributed by atoms with Gasteiger partial charge in [0.1, 0.15) is 11.3 Å². The van der Waals surface area contributed by atoms with Crippen molar-refractivity contribution in [2.75, 3.05) is 23.3 Å². The van der Waals surface area contributed by atoms with Gasteiger partial charge in [0.2, 0.25) is 5.91 Å². The second-order valence-electron chi connectivity index (χ2n) is 6.85. The third-order valence-electron chi connectivity index (χ3n) is 4.85. The number of rotatable bonds is 3. The first kappa shape index (κ1) is 17.3. The molecule has 0 saturated carbocycles. The van der Waals surface area contributed by atoms with Crippen LogP contribution in [-0.2, 0) is 4.79 Å². The second-order valence-corrected chi connectivity index (χ2v) is 6.85. The van der Waals surface area contributed by atoms with Gasteiger partial charge in [-0.3, -0.25) is 9.78 Å². The summed E-state index contributed by atoms with van der Waals surface area (Å²) < 4.78 is 14.0. The fourth-order valence-corrected chi connectivity index (χ4v) is 3.40. The highest BCUT2D eigenvalue weighted by Gasteiger charge is 2.27. The molecule has 0 spiro atoms. The molecule has 1 amide bonds. The molecule has 1 aliphatic rings. The molecule has 7 heteroatoms. The fraction of sp³-hybridized carbons (Fsp3) is 0.300. The van der Waals surface area contributed by atoms with Crippen LogP contribution in [0.3, 0.4) is 0 Å². The van der Waals surface area contributed by atoms with Crippen LogP contribution in [0.15, 0.2) is 42.9 Å². The fourth-order valence-electron chi connectivity index (χ4n) is 3.40. The standard InChI is InChI=1S/C20H20FN5O/c1-13-4-5-17(16(21)9-13)25-20(27)14-3-2-8-26(12-14)15-10-18-19(24-11-15)23-7-6-22-18/h4-7,9-11,14H,2-3,8,12H2,1H3,(H,25,27)/t14-/m0/s1. The number of halogens is 1. The number of nitrogens with zero attached hydrogens (tertiary/aromatic N) is 4. The van der Waals surface area contributed by atoms with Crippen molar-refractivity contribution in [1.29, 1.82) is 0 Å². The zero-order valence-electron chi connectivity index (χ0n) is 15.0. The molecule has 1 aliphatic heterocycles. The van der Waals surface area contributed by atoms with E-state index in [-0.39, 0.29) is 17.5 Å². The number of carbonyl (C=O) groups excluding carboxylic acids is 1. The number of fused-ring (bicyclic) bond motifs is 1. The third-order valence-corrected chi connectivity index (χ3v) is 4.85. The van der Waals surface area contributed by atoms with Crippen molar-refractivity contribution in [3.63, 3.8) is 0 Å². The van der Waals surface area contributed by atoms with E-state index in [1.165, 1.54) is 6.07 Å². The molecule has 1 atom stereocenters. The Kier molecular flexibility index (Phi) is 4.66. The SMILES string of the molecule is Cc1ccc(NC(=O)[C@H]2CCCN(c3cnc4nccnc4c3)C2)c(F)c1. The lowest BCUT2D eigenvalue weighted by Gasteiger charge is -2.33. The Morgan fingerprint density at radius 1 is 1.22 bits per heavy atom. The maximum atomic E-state index is 14.0. The van der Waals surface area contributed by atoms with Crippen LogP contribution >= 0.6 is 0 Å². The van der Waals surface area contributed by atoms with Crippen LogP contribution in [0.2, 0.25) is 0 Å². The molecule has 0 unspecified atom stereocenters. The average Bonchev–Trinajstić information content (AvgIpc) is 2.70. The monoisotopic (exact) mass is 365 g/mol. The van der Waals surface area contributed by atoms with Gasteiger partial charge in [-0.25, -0.2) is 14.4 Å². The summed E-state index contributed by atoms with van der Waals surface area (Å²) in [6, 6.07) is 6.75. The average molecular weight is 365 g/mol. The van der Waals surface area contributed by atoms with Gasteiger partial charge in [-0.1, -0.05) is 6.07 Å². The van der Waals surface area contributed by atoms with E-state index in [1.807, 2.05) is 13.0 Å². The maximum absolute atomic E-state index is 14.0. The third kappa shape index (κ3) is 3.72. The van der Waals surface area contributed by atoms with E-state index in [0.29, 0.717) is 12.2 Å². The number of hydrogen-bond acceptors (Lipinski definition) is 5. The lowest BCUT2D eigenvalue weighted by atomic mass is 9.96. The molecule has 0 bridgehead atoms. The van der Waals surface area contributed by atoms with Crippen molar-refractivity contribution in [3.8, 4) is 0 Å². The van der Waals surface area contributed by atoms with E-state index in [0.717, 1.165) is 36.2 Å². The molecule has 1 fully saturated rings. The van der Waals surface area contributed by atoms with E-state index in [1.54, 1.807) is 30.7 Å². The lowest BCUT2D eigenvalue weighted by molar-refractivity contribution is -0.120. The Labute approximate surface area is 156 Å². The Balaban J connectivity index is 1.49. The van der Waals surface area contributed by atoms with Gasteiger partial charge < -0.3 is 10.2 Å². The van der Waals surface area contributed by atoms with Crippen LogP contribution in [0.1, 0.15) is 18.4 Å². The molecule has 6 nitrogen and oxygen atoms in total. The van der Waals surface area contributed by atoms with Crippen LogP contribution in [0.25, 0.3) is 11.2 Å². The highest BCUT2D eigenvalue weighted by Crippen LogP contribution is 2.26. The number of hydrogen-bond donors (Lipinski definition) is 1. The van der Waals surface area contributed by atoms with Crippen molar-refractivity contribution in [3.05, 3.63) is 54.2 Å². The molecule has 0 radical (unpaired) electrons. The topological polar surface area (TPSA) is 71.0 Å². The first-order valence-electron chi connectivity index (χ1n) is 8.99. The molecule has 0 aliphatic carbocycles. The van der Waals surface area contributed by atoms with Gasteiger partial charge in [0, 0.05) is 25.5 Å². The van der Waals surface area contributed by atoms with Crippen LogP contribution in [0, 0.1) is 18.7 Å². The predicted molar refractivity (Wildman–Crippen MR) is 102 cm³/mol. The number of benzene rings is 1. The number of carbonyl (C=O) groups is 1. The highest BCUT2D eigenvalue weighted by molar-refractivity contribution is 5.93. The molecule has 138 valence electrons. The molecular weight excluding hydrogens is 345 g/mol. The number of amides is 1. The molecule has 1 saturated heterocycles. The molecule has 3 heterocycles. The minimum absolute atomic E-state index is 0.156. The van der Waals surface area contributed by atoms with Crippen LogP contribution in [-0.4, -0.2) is 33.9 Å². The van der Waals surface area contributed by atoms with Gasteiger partial charge in [-0.2, -0.15) is 0 Å². The minimum Gasteiger partial charge on any atom is -0.369 e. The van der Waals surface area contributed by atoms with Crippen molar-refractivity contribution < 1.29 is 9.18 Å². The van der Waals surface area contributed by atoms with Gasteiger partial charge in [0.25, 0.3) is 0 Å². The number of pyridine rings is 1. The van der Waals surface area contributed by atoms with Gasteiger partial charge in [-0.15, -0.1) is 0 Å². The highest BCUT2D eigenvalue weighted by atomic mass is 19.1. The zero-order chi connectivity index (χ0) is 18.8. The summed E-state index contributed by atoms with van der Waals surface area (Å²) in [5, 5.41) is 2.73. The van der Waals surface area contributed by atoms with E-state index in [2.05, 4.69) is 25.2 Å². The minimum atomic E-state index is -0.409. The second kappa shape index (κ2) is 7.26. The zero-order valence-corrected chi connectivity index (χ0v) is 15.0. The van der Waals surface area contributed by atoms with Crippen LogP contribution in [0.4, 0.5) is 15.8 Å². The number of aromatic nitrogens is 3. The summed E-state index contributed by atoms with van der Waals surface area (Å²) in [6.07, 6.45) is 6.66. The van der Waals surface area contributed by atoms with Crippen LogP contribution in [0.5, 0.6) is 0 Å². The Morgan fingerprint density at radius 3 is 2.93 bits per heavy atom. The molecule has 1 aromatic carbocycles. The van der Waals surface area contributed by atoms with Gasteiger partial charge in [0.05, 0.1) is 23.5 Å². The Bertz CT molecular complexity index is 993. The predicted octanol–water partition coefficient (Wildman–Crippen LogP) is 3.33. The molecule has 3 aromatic rings. The van der Waals surface area contributed by atoms with Crippen molar-refractivity contribution in [2.45, 2.75) is 19.8 Å². The van der Waals surface area contributed by atoms with Crippen molar-refractivity contribution in [1.82, 2.24) is 15.0 Å². The summed E-state index contributed by atoms with van der Waals surface area (Å²) in [7, 11) is 0. The summed E-state index contributed by atoms with van der Waals surface area (Å²) in [5.41, 5.74) is 3.29. The van der Waals surface area contributed by atoms with E-state index in [9.17, 15) is 9.18 Å². The Morgan fingerprint density at radius 2 is 2.07 bits per heavy atom. The summed E-state index contributed by atoms with van der Waals surface area (Å²) in [6.45, 7) is 3.22. The van der Waals surface area contributed by atoms with Gasteiger partial charge >= 0.3 is 0 Å². The largest absolute Gasteiger partial charge is 0.369 e. The first-order chi connectivity index (χ1) is 13.1. The van der Waals surface area contributed by atoms with Crippen molar-refractivity contribution in [2.24, 2.45) is 5.92 Å². The first-order valence-corrected chi connectivity index (χ1v) is 8.99. The molecule has 27 heavy (non-hydrogen) atoms. The quantitative estimate of drug-likeness (QED) is 0.771. The van der Waals surface area contributed by atoms with E-state index in [4.69, 9.17) is 0 Å². The number of anilines is 2. The molecule has 2 aromatic heterocycles. The lowest BCUT2D eigenvalue weighted by Crippen LogP contribution is -2.40. The number of aryl methyl sites for hydroxylation is 1. The normalized spacial score (nSPS) is 17.1. The van der Waals surface area contributed by atoms with Gasteiger partial charge in [0.15, 0.2) is 5.65 Å².